The van der Waals surface area contributed by atoms with Crippen LogP contribution in [-0.2, 0) is 6.18 Å². The van der Waals surface area contributed by atoms with Gasteiger partial charge in [-0.1, -0.05) is 0 Å². The molecule has 13 heteroatoms. The molecule has 2 N–H and O–H groups in total. The maximum absolute atomic E-state index is 12.9. The zero-order chi connectivity index (χ0) is 30.6. The van der Waals surface area contributed by atoms with Crippen LogP contribution in [0.1, 0.15) is 35.8 Å². The minimum atomic E-state index is -4.41. The molecule has 1 saturated heterocycles. The topological polar surface area (TPSA) is 110 Å². The Morgan fingerprint density at radius 2 is 1.80 bits per heavy atom. The molecule has 0 amide bonds. The van der Waals surface area contributed by atoms with Crippen LogP contribution < -0.4 is 10.1 Å². The maximum atomic E-state index is 12.9. The van der Waals surface area contributed by atoms with Crippen molar-refractivity contribution in [2.24, 2.45) is 0 Å². The Balaban J connectivity index is 1.13. The van der Waals surface area contributed by atoms with Gasteiger partial charge in [0, 0.05) is 23.0 Å². The largest absolute Gasteiger partial charge is 0.438 e. The van der Waals surface area contributed by atoms with Gasteiger partial charge in [0.25, 0.3) is 6.01 Å². The highest BCUT2D eigenvalue weighted by Crippen LogP contribution is 2.36. The molecule has 44 heavy (non-hydrogen) atoms. The van der Waals surface area contributed by atoms with Crippen molar-refractivity contribution in [3.63, 3.8) is 0 Å². The standard InChI is InChI=1S/C31H29F3N8O2/c1-17-27(18(2)42(40-17)21-10-12-41(3)13-11-21)25-15-23-28(38-25)35-16-36-29(23)43-22-8-9-26-24(14-22)39-30(44-26)37-20-6-4-19(5-7-20)31(32,33)34/h4-9,14-16,21H,10-13H2,1-3H3,(H,37,39)(H,35,36,38). The average Bonchev–Trinajstić information content (AvgIpc) is 3.68. The Morgan fingerprint density at radius 3 is 2.55 bits per heavy atom. The summed E-state index contributed by atoms with van der Waals surface area (Å²) in [6.07, 6.45) is -0.829. The van der Waals surface area contributed by atoms with Crippen LogP contribution in [0.3, 0.4) is 0 Å². The van der Waals surface area contributed by atoms with Crippen molar-refractivity contribution in [1.29, 1.82) is 0 Å². The number of H-pyrrole nitrogens is 1. The van der Waals surface area contributed by atoms with Crippen LogP contribution in [0.15, 0.2) is 59.3 Å². The van der Waals surface area contributed by atoms with Gasteiger partial charge in [-0.2, -0.15) is 23.3 Å². The first-order valence-electron chi connectivity index (χ1n) is 14.2. The number of likely N-dealkylation sites (tertiary alicyclic amines) is 1. The van der Waals surface area contributed by atoms with Crippen molar-refractivity contribution >= 4 is 33.8 Å². The third-order valence-electron chi connectivity index (χ3n) is 8.05. The number of ether oxygens (including phenoxy) is 1. The first-order valence-corrected chi connectivity index (χ1v) is 14.2. The van der Waals surface area contributed by atoms with Crippen molar-refractivity contribution in [3.05, 3.63) is 71.8 Å². The zero-order valence-corrected chi connectivity index (χ0v) is 24.2. The highest BCUT2D eigenvalue weighted by molar-refractivity contribution is 5.88. The Labute approximate surface area is 249 Å². The van der Waals surface area contributed by atoms with Crippen LogP contribution in [0.5, 0.6) is 11.6 Å². The van der Waals surface area contributed by atoms with Crippen LogP contribution in [-0.4, -0.2) is 54.8 Å². The molecule has 0 aliphatic carbocycles. The highest BCUT2D eigenvalue weighted by Gasteiger charge is 2.30. The number of alkyl halides is 3. The second-order valence-corrected chi connectivity index (χ2v) is 11.1. The molecule has 5 heterocycles. The van der Waals surface area contributed by atoms with Gasteiger partial charge >= 0.3 is 6.18 Å². The van der Waals surface area contributed by atoms with Crippen LogP contribution in [0.4, 0.5) is 24.9 Å². The number of fused-ring (bicyclic) bond motifs is 2. The Kier molecular flexibility index (Phi) is 6.76. The fourth-order valence-corrected chi connectivity index (χ4v) is 5.78. The number of oxazole rings is 1. The lowest BCUT2D eigenvalue weighted by molar-refractivity contribution is -0.137. The van der Waals surface area contributed by atoms with Crippen molar-refractivity contribution in [2.75, 3.05) is 25.5 Å². The summed E-state index contributed by atoms with van der Waals surface area (Å²) < 4.78 is 52.7. The van der Waals surface area contributed by atoms with Gasteiger partial charge in [-0.3, -0.25) is 4.68 Å². The summed E-state index contributed by atoms with van der Waals surface area (Å²) in [7, 11) is 2.15. The van der Waals surface area contributed by atoms with Gasteiger partial charge in [0.15, 0.2) is 5.58 Å². The number of aromatic amines is 1. The molecule has 0 saturated carbocycles. The molecular formula is C31H29F3N8O2. The lowest BCUT2D eigenvalue weighted by Crippen LogP contribution is -2.32. The van der Waals surface area contributed by atoms with Gasteiger partial charge in [-0.05, 0) is 89.3 Å². The van der Waals surface area contributed by atoms with E-state index in [0.717, 1.165) is 66.1 Å². The first-order chi connectivity index (χ1) is 21.1. The fraction of sp³-hybridized carbons (Fsp3) is 0.290. The molecule has 0 radical (unpaired) electrons. The molecular weight excluding hydrogens is 573 g/mol. The Bertz CT molecular complexity index is 1970. The summed E-state index contributed by atoms with van der Waals surface area (Å²) in [4.78, 5) is 19.0. The molecule has 226 valence electrons. The van der Waals surface area contributed by atoms with E-state index in [-0.39, 0.29) is 6.01 Å². The van der Waals surface area contributed by atoms with E-state index < -0.39 is 11.7 Å². The van der Waals surface area contributed by atoms with Gasteiger partial charge in [0.1, 0.15) is 23.2 Å². The molecule has 0 bridgehead atoms. The number of aromatic nitrogens is 6. The van der Waals surface area contributed by atoms with E-state index in [0.29, 0.717) is 40.1 Å². The van der Waals surface area contributed by atoms with Crippen LogP contribution >= 0.6 is 0 Å². The Hall–Kier alpha value is -4.91. The number of hydrogen-bond donors (Lipinski definition) is 2. The molecule has 1 aliphatic heterocycles. The predicted molar refractivity (Wildman–Crippen MR) is 159 cm³/mol. The maximum Gasteiger partial charge on any atom is 0.416 e. The van der Waals surface area contributed by atoms with Crippen molar-refractivity contribution < 1.29 is 22.3 Å². The molecule has 7 rings (SSSR count). The fourth-order valence-electron chi connectivity index (χ4n) is 5.78. The van der Waals surface area contributed by atoms with E-state index in [1.807, 2.05) is 13.0 Å². The summed E-state index contributed by atoms with van der Waals surface area (Å²) in [6, 6.07) is 12.3. The van der Waals surface area contributed by atoms with E-state index in [2.05, 4.69) is 48.8 Å². The normalized spacial score (nSPS) is 15.0. The average molecular weight is 603 g/mol. The third kappa shape index (κ3) is 5.23. The molecule has 0 atom stereocenters. The van der Waals surface area contributed by atoms with E-state index in [4.69, 9.17) is 14.3 Å². The summed E-state index contributed by atoms with van der Waals surface area (Å²) in [5.41, 5.74) is 5.30. The molecule has 0 unspecified atom stereocenters. The van der Waals surface area contributed by atoms with Crippen molar-refractivity contribution in [1.82, 2.24) is 34.6 Å². The summed E-state index contributed by atoms with van der Waals surface area (Å²) in [5.74, 6) is 0.860. The predicted octanol–water partition coefficient (Wildman–Crippen LogP) is 7.40. The molecule has 1 fully saturated rings. The minimum absolute atomic E-state index is 0.142. The minimum Gasteiger partial charge on any atom is -0.438 e. The number of aryl methyl sites for hydroxylation is 1. The SMILES string of the molecule is Cc1nn(C2CCN(C)CC2)c(C)c1-c1cc2c(Oc3ccc4oc(Nc5ccc(C(F)(F)F)cc5)nc4c3)ncnc2[nH]1. The quantitative estimate of drug-likeness (QED) is 0.203. The van der Waals surface area contributed by atoms with Crippen molar-refractivity contribution in [3.8, 4) is 22.9 Å². The van der Waals surface area contributed by atoms with Gasteiger partial charge in [-0.15, -0.1) is 0 Å². The number of nitrogens with zero attached hydrogens (tertiary/aromatic N) is 6. The number of benzene rings is 2. The number of hydrogen-bond acceptors (Lipinski definition) is 8. The van der Waals surface area contributed by atoms with Crippen LogP contribution in [0.25, 0.3) is 33.4 Å². The van der Waals surface area contributed by atoms with Crippen LogP contribution in [0, 0.1) is 13.8 Å². The van der Waals surface area contributed by atoms with Gasteiger partial charge in [-0.25, -0.2) is 9.97 Å². The van der Waals surface area contributed by atoms with E-state index in [1.54, 1.807) is 18.2 Å². The van der Waals surface area contributed by atoms with E-state index in [9.17, 15) is 13.2 Å². The number of rotatable bonds is 6. The molecule has 10 nitrogen and oxygen atoms in total. The summed E-state index contributed by atoms with van der Waals surface area (Å²) in [5, 5.41) is 8.53. The number of piperidine rings is 1. The first kappa shape index (κ1) is 27.9. The third-order valence-corrected chi connectivity index (χ3v) is 8.05. The molecule has 1 aliphatic rings. The Morgan fingerprint density at radius 1 is 1.02 bits per heavy atom. The molecule has 6 aromatic rings. The van der Waals surface area contributed by atoms with Crippen molar-refractivity contribution in [2.45, 2.75) is 38.9 Å². The number of halogens is 3. The second-order valence-electron chi connectivity index (χ2n) is 11.1. The van der Waals surface area contributed by atoms with E-state index >= 15 is 0 Å². The highest BCUT2D eigenvalue weighted by atomic mass is 19.4. The smallest absolute Gasteiger partial charge is 0.416 e. The van der Waals surface area contributed by atoms with Gasteiger partial charge in [0.2, 0.25) is 5.88 Å². The van der Waals surface area contributed by atoms with Gasteiger partial charge in [0.05, 0.1) is 28.4 Å². The molecule has 0 spiro atoms. The molecule has 4 aromatic heterocycles. The van der Waals surface area contributed by atoms with Gasteiger partial charge < -0.3 is 24.4 Å². The lowest BCUT2D eigenvalue weighted by Gasteiger charge is -2.29. The summed E-state index contributed by atoms with van der Waals surface area (Å²) in [6.45, 7) is 6.24. The second kappa shape index (κ2) is 10.7. The number of nitrogens with one attached hydrogen (secondary N) is 2. The zero-order valence-electron chi connectivity index (χ0n) is 24.2. The van der Waals surface area contributed by atoms with E-state index in [1.165, 1.54) is 18.5 Å². The molecule has 2 aromatic carbocycles. The van der Waals surface area contributed by atoms with Crippen LogP contribution in [0.2, 0.25) is 0 Å². The monoisotopic (exact) mass is 602 g/mol. The number of anilines is 2. The lowest BCUT2D eigenvalue weighted by atomic mass is 10.0. The summed E-state index contributed by atoms with van der Waals surface area (Å²) >= 11 is 0.